The Labute approximate surface area is 125 Å². The van der Waals surface area contributed by atoms with Crippen molar-refractivity contribution in [2.24, 2.45) is 5.92 Å². The van der Waals surface area contributed by atoms with Gasteiger partial charge in [0.1, 0.15) is 0 Å². The number of nitrogens with one attached hydrogen (secondary N) is 1. The van der Waals surface area contributed by atoms with Crippen molar-refractivity contribution in [3.8, 4) is 0 Å². The minimum atomic E-state index is 0.252. The normalized spacial score (nSPS) is 21.0. The second-order valence-corrected chi connectivity index (χ2v) is 5.73. The molecule has 1 heterocycles. The molecule has 0 bridgehead atoms. The maximum absolute atomic E-state index is 9.13. The van der Waals surface area contributed by atoms with Gasteiger partial charge in [-0.2, -0.15) is 0 Å². The van der Waals surface area contributed by atoms with Crippen LogP contribution in [0.1, 0.15) is 17.5 Å². The molecule has 3 nitrogen and oxygen atoms in total. The Kier molecular flexibility index (Phi) is 4.53. The quantitative estimate of drug-likeness (QED) is 0.799. The van der Waals surface area contributed by atoms with E-state index in [0.29, 0.717) is 12.0 Å². The second kappa shape index (κ2) is 6.74. The molecule has 0 saturated carbocycles. The smallest absolute Gasteiger partial charge is 0.0494 e. The number of aromatic nitrogens is 1. The average molecular weight is 282 g/mol. The highest BCUT2D eigenvalue weighted by molar-refractivity contribution is 5.18. The van der Waals surface area contributed by atoms with Crippen LogP contribution in [-0.4, -0.2) is 22.3 Å². The molecule has 3 rings (SSSR count). The van der Waals surface area contributed by atoms with Crippen LogP contribution in [0.25, 0.3) is 0 Å². The van der Waals surface area contributed by atoms with E-state index in [1.165, 1.54) is 11.1 Å². The number of nitrogens with zero attached hydrogens (tertiary/aromatic N) is 1. The van der Waals surface area contributed by atoms with E-state index in [4.69, 9.17) is 5.11 Å². The zero-order valence-electron chi connectivity index (χ0n) is 12.2. The molecule has 3 heteroatoms. The fraction of sp³-hybridized carbons (Fsp3) is 0.333. The van der Waals surface area contributed by atoms with Crippen LogP contribution in [0.2, 0.25) is 0 Å². The van der Waals surface area contributed by atoms with Crippen LogP contribution in [0, 0.1) is 5.92 Å². The van der Waals surface area contributed by atoms with Crippen LogP contribution in [0.5, 0.6) is 0 Å². The third-order valence-electron chi connectivity index (χ3n) is 3.99. The fourth-order valence-corrected chi connectivity index (χ4v) is 2.80. The third-order valence-corrected chi connectivity index (χ3v) is 3.99. The Morgan fingerprint density at radius 2 is 1.95 bits per heavy atom. The number of benzene rings is 1. The Bertz CT molecular complexity index is 588. The van der Waals surface area contributed by atoms with Crippen molar-refractivity contribution in [3.63, 3.8) is 0 Å². The topological polar surface area (TPSA) is 37.2 Å². The SMILES string of the molecule is OC[C@H]1C=C[C@@H](NCc2ccn(Cc3ccccc3)c2)C1. The van der Waals surface area contributed by atoms with Gasteiger partial charge in [-0.05, 0) is 23.6 Å². The molecule has 2 aromatic rings. The molecule has 0 radical (unpaired) electrons. The van der Waals surface area contributed by atoms with Gasteiger partial charge >= 0.3 is 0 Å². The molecule has 1 aliphatic carbocycles. The summed E-state index contributed by atoms with van der Waals surface area (Å²) in [5, 5.41) is 12.7. The second-order valence-electron chi connectivity index (χ2n) is 5.73. The molecule has 1 aromatic carbocycles. The molecule has 2 atom stereocenters. The van der Waals surface area contributed by atoms with Gasteiger partial charge in [0.05, 0.1) is 0 Å². The van der Waals surface area contributed by atoms with E-state index in [-0.39, 0.29) is 6.61 Å². The molecule has 1 aromatic heterocycles. The third kappa shape index (κ3) is 3.84. The van der Waals surface area contributed by atoms with Gasteiger partial charge in [-0.25, -0.2) is 0 Å². The summed E-state index contributed by atoms with van der Waals surface area (Å²) in [5.41, 5.74) is 2.61. The van der Waals surface area contributed by atoms with E-state index in [0.717, 1.165) is 19.5 Å². The van der Waals surface area contributed by atoms with E-state index < -0.39 is 0 Å². The minimum absolute atomic E-state index is 0.252. The lowest BCUT2D eigenvalue weighted by atomic mass is 10.1. The molecule has 0 spiro atoms. The van der Waals surface area contributed by atoms with Gasteiger partial charge in [0.25, 0.3) is 0 Å². The van der Waals surface area contributed by atoms with Crippen molar-refractivity contribution in [1.82, 2.24) is 9.88 Å². The Morgan fingerprint density at radius 3 is 2.71 bits per heavy atom. The minimum Gasteiger partial charge on any atom is -0.396 e. The summed E-state index contributed by atoms with van der Waals surface area (Å²) in [5.74, 6) is 0.324. The number of rotatable bonds is 6. The molecule has 0 amide bonds. The molecule has 0 saturated heterocycles. The summed E-state index contributed by atoms with van der Waals surface area (Å²) in [6.07, 6.45) is 9.61. The lowest BCUT2D eigenvalue weighted by Gasteiger charge is -2.11. The van der Waals surface area contributed by atoms with Crippen molar-refractivity contribution in [3.05, 3.63) is 72.1 Å². The van der Waals surface area contributed by atoms with Crippen molar-refractivity contribution >= 4 is 0 Å². The van der Waals surface area contributed by atoms with Gasteiger partial charge < -0.3 is 15.0 Å². The van der Waals surface area contributed by atoms with E-state index >= 15 is 0 Å². The van der Waals surface area contributed by atoms with Crippen LogP contribution in [-0.2, 0) is 13.1 Å². The number of hydrogen-bond donors (Lipinski definition) is 2. The zero-order valence-corrected chi connectivity index (χ0v) is 12.2. The highest BCUT2D eigenvalue weighted by atomic mass is 16.3. The first-order valence-corrected chi connectivity index (χ1v) is 7.54. The fourth-order valence-electron chi connectivity index (χ4n) is 2.80. The Hall–Kier alpha value is -1.84. The zero-order chi connectivity index (χ0) is 14.5. The van der Waals surface area contributed by atoms with Gasteiger partial charge in [0.15, 0.2) is 0 Å². The summed E-state index contributed by atoms with van der Waals surface area (Å²) in [6, 6.07) is 13.0. The molecule has 21 heavy (non-hydrogen) atoms. The summed E-state index contributed by atoms with van der Waals surface area (Å²) >= 11 is 0. The summed E-state index contributed by atoms with van der Waals surface area (Å²) in [6.45, 7) is 2.04. The number of hydrogen-bond acceptors (Lipinski definition) is 2. The maximum Gasteiger partial charge on any atom is 0.0494 e. The van der Waals surface area contributed by atoms with Gasteiger partial charge in [-0.1, -0.05) is 42.5 Å². The molecule has 2 N–H and O–H groups in total. The highest BCUT2D eigenvalue weighted by Crippen LogP contribution is 2.17. The van der Waals surface area contributed by atoms with Gasteiger partial charge in [-0.15, -0.1) is 0 Å². The lowest BCUT2D eigenvalue weighted by Crippen LogP contribution is -2.25. The molecule has 0 unspecified atom stereocenters. The first kappa shape index (κ1) is 14.1. The molecule has 0 aliphatic heterocycles. The summed E-state index contributed by atoms with van der Waals surface area (Å²) in [4.78, 5) is 0. The van der Waals surface area contributed by atoms with E-state index in [1.54, 1.807) is 0 Å². The predicted molar refractivity (Wildman–Crippen MR) is 84.9 cm³/mol. The van der Waals surface area contributed by atoms with Crippen molar-refractivity contribution in [2.75, 3.05) is 6.61 Å². The summed E-state index contributed by atoms with van der Waals surface area (Å²) in [7, 11) is 0. The van der Waals surface area contributed by atoms with Gasteiger partial charge in [0, 0.05) is 44.0 Å². The molecular weight excluding hydrogens is 260 g/mol. The van der Waals surface area contributed by atoms with Crippen LogP contribution in [0.4, 0.5) is 0 Å². The molecule has 0 fully saturated rings. The first-order valence-electron chi connectivity index (χ1n) is 7.54. The number of aliphatic hydroxyl groups is 1. The van der Waals surface area contributed by atoms with Crippen LogP contribution < -0.4 is 5.32 Å². The highest BCUT2D eigenvalue weighted by Gasteiger charge is 2.17. The Morgan fingerprint density at radius 1 is 1.10 bits per heavy atom. The van der Waals surface area contributed by atoms with Crippen molar-refractivity contribution in [2.45, 2.75) is 25.6 Å². The van der Waals surface area contributed by atoms with E-state index in [9.17, 15) is 0 Å². The number of aliphatic hydroxyl groups excluding tert-OH is 1. The van der Waals surface area contributed by atoms with E-state index in [2.05, 4.69) is 64.8 Å². The van der Waals surface area contributed by atoms with Gasteiger partial charge in [0.2, 0.25) is 0 Å². The summed E-state index contributed by atoms with van der Waals surface area (Å²) < 4.78 is 2.22. The largest absolute Gasteiger partial charge is 0.396 e. The Balaban J connectivity index is 1.50. The molecule has 1 aliphatic rings. The van der Waals surface area contributed by atoms with Crippen molar-refractivity contribution in [1.29, 1.82) is 0 Å². The van der Waals surface area contributed by atoms with Crippen LogP contribution >= 0.6 is 0 Å². The maximum atomic E-state index is 9.13. The van der Waals surface area contributed by atoms with Crippen LogP contribution in [0.3, 0.4) is 0 Å². The monoisotopic (exact) mass is 282 g/mol. The predicted octanol–water partition coefficient (Wildman–Crippen LogP) is 2.56. The molecular formula is C18H22N2O. The van der Waals surface area contributed by atoms with E-state index in [1.807, 2.05) is 6.07 Å². The van der Waals surface area contributed by atoms with Gasteiger partial charge in [-0.3, -0.25) is 0 Å². The van der Waals surface area contributed by atoms with Crippen molar-refractivity contribution < 1.29 is 5.11 Å². The molecule has 110 valence electrons. The lowest BCUT2D eigenvalue weighted by molar-refractivity contribution is 0.246. The standard InChI is InChI=1S/C18H22N2O/c21-14-16-6-7-18(10-16)19-11-17-8-9-20(13-17)12-15-4-2-1-3-5-15/h1-9,13,16,18-19,21H,10-12,14H2/t16-,18+/m0/s1. The first-order chi connectivity index (χ1) is 10.3. The van der Waals surface area contributed by atoms with Crippen LogP contribution in [0.15, 0.2) is 60.9 Å². The average Bonchev–Trinajstić information content (AvgIpc) is 3.15.